The SMILES string of the molecule is CCSCCC(=O)N[C@@H](C)c1ccc(NC(=O)Nc2ccccc2)cc1. The van der Waals surface area contributed by atoms with Crippen LogP contribution in [-0.2, 0) is 4.79 Å². The number of rotatable bonds is 8. The van der Waals surface area contributed by atoms with Gasteiger partial charge in [-0.3, -0.25) is 4.79 Å². The van der Waals surface area contributed by atoms with Gasteiger partial charge in [-0.05, 0) is 42.5 Å². The molecular formula is C20H25N3O2S. The van der Waals surface area contributed by atoms with Crippen molar-refractivity contribution >= 4 is 35.1 Å². The third-order valence-electron chi connectivity index (χ3n) is 3.76. The van der Waals surface area contributed by atoms with Crippen molar-refractivity contribution in [3.63, 3.8) is 0 Å². The number of amides is 3. The molecule has 6 heteroatoms. The average Bonchev–Trinajstić information content (AvgIpc) is 2.63. The molecule has 0 saturated heterocycles. The molecule has 2 aromatic rings. The summed E-state index contributed by atoms with van der Waals surface area (Å²) in [4.78, 5) is 23.9. The predicted octanol–water partition coefficient (Wildman–Crippen LogP) is 4.65. The lowest BCUT2D eigenvalue weighted by Crippen LogP contribution is -2.26. The summed E-state index contributed by atoms with van der Waals surface area (Å²) in [5.74, 6) is 1.92. The van der Waals surface area contributed by atoms with Gasteiger partial charge in [0, 0.05) is 23.5 Å². The van der Waals surface area contributed by atoms with Crippen molar-refractivity contribution in [2.75, 3.05) is 22.1 Å². The number of anilines is 2. The Bertz CT molecular complexity index is 705. The van der Waals surface area contributed by atoms with Crippen molar-refractivity contribution in [1.29, 1.82) is 0 Å². The van der Waals surface area contributed by atoms with Crippen LogP contribution in [0.25, 0.3) is 0 Å². The molecule has 0 aliphatic carbocycles. The highest BCUT2D eigenvalue weighted by Gasteiger charge is 2.10. The highest BCUT2D eigenvalue weighted by atomic mass is 32.2. The summed E-state index contributed by atoms with van der Waals surface area (Å²) >= 11 is 1.76. The number of urea groups is 1. The first kappa shape index (κ1) is 19.8. The number of thioether (sulfide) groups is 1. The Kier molecular flexibility index (Phi) is 8.02. The maximum atomic E-state index is 12.0. The monoisotopic (exact) mass is 371 g/mol. The number of nitrogens with one attached hydrogen (secondary N) is 3. The van der Waals surface area contributed by atoms with E-state index >= 15 is 0 Å². The predicted molar refractivity (Wildman–Crippen MR) is 110 cm³/mol. The molecule has 0 aromatic heterocycles. The zero-order valence-electron chi connectivity index (χ0n) is 15.1. The highest BCUT2D eigenvalue weighted by molar-refractivity contribution is 7.99. The van der Waals surface area contributed by atoms with Crippen LogP contribution in [0.5, 0.6) is 0 Å². The second-order valence-corrected chi connectivity index (χ2v) is 7.20. The van der Waals surface area contributed by atoms with Crippen molar-refractivity contribution in [1.82, 2.24) is 5.32 Å². The van der Waals surface area contributed by atoms with E-state index in [4.69, 9.17) is 0 Å². The molecule has 3 amide bonds. The maximum Gasteiger partial charge on any atom is 0.323 e. The molecule has 0 radical (unpaired) electrons. The molecular weight excluding hydrogens is 346 g/mol. The molecule has 3 N–H and O–H groups in total. The second-order valence-electron chi connectivity index (χ2n) is 5.80. The topological polar surface area (TPSA) is 70.2 Å². The molecule has 0 fully saturated rings. The lowest BCUT2D eigenvalue weighted by atomic mass is 10.1. The lowest BCUT2D eigenvalue weighted by Gasteiger charge is -2.15. The van der Waals surface area contributed by atoms with Crippen LogP contribution < -0.4 is 16.0 Å². The first-order chi connectivity index (χ1) is 12.6. The van der Waals surface area contributed by atoms with Crippen LogP contribution in [0.15, 0.2) is 54.6 Å². The molecule has 0 aliphatic heterocycles. The molecule has 0 bridgehead atoms. The zero-order valence-corrected chi connectivity index (χ0v) is 15.9. The molecule has 0 spiro atoms. The van der Waals surface area contributed by atoms with Crippen LogP contribution in [-0.4, -0.2) is 23.4 Å². The van der Waals surface area contributed by atoms with Gasteiger partial charge in [0.15, 0.2) is 0 Å². The van der Waals surface area contributed by atoms with Crippen LogP contribution in [0, 0.1) is 0 Å². The Hall–Kier alpha value is -2.47. The van der Waals surface area contributed by atoms with Crippen LogP contribution in [0.4, 0.5) is 16.2 Å². The summed E-state index contributed by atoms with van der Waals surface area (Å²) in [7, 11) is 0. The van der Waals surface area contributed by atoms with Gasteiger partial charge in [0.05, 0.1) is 6.04 Å². The normalized spacial score (nSPS) is 11.5. The Morgan fingerprint density at radius 2 is 1.58 bits per heavy atom. The molecule has 0 aliphatic rings. The van der Waals surface area contributed by atoms with Crippen LogP contribution >= 0.6 is 11.8 Å². The van der Waals surface area contributed by atoms with Gasteiger partial charge in [-0.15, -0.1) is 0 Å². The molecule has 1 atom stereocenters. The number of benzene rings is 2. The Labute approximate surface area is 159 Å². The summed E-state index contributed by atoms with van der Waals surface area (Å²) in [6, 6.07) is 16.4. The number of hydrogen-bond acceptors (Lipinski definition) is 3. The minimum Gasteiger partial charge on any atom is -0.350 e. The highest BCUT2D eigenvalue weighted by Crippen LogP contribution is 2.17. The van der Waals surface area contributed by atoms with E-state index in [-0.39, 0.29) is 18.0 Å². The van der Waals surface area contributed by atoms with Gasteiger partial charge < -0.3 is 16.0 Å². The number of hydrogen-bond donors (Lipinski definition) is 3. The molecule has 138 valence electrons. The fourth-order valence-corrected chi connectivity index (χ4v) is 2.99. The quantitative estimate of drug-likeness (QED) is 0.592. The molecule has 2 aromatic carbocycles. The molecule has 0 saturated carbocycles. The fraction of sp³-hybridized carbons (Fsp3) is 0.300. The van der Waals surface area contributed by atoms with Crippen molar-refractivity contribution in [2.45, 2.75) is 26.3 Å². The van der Waals surface area contributed by atoms with Gasteiger partial charge in [-0.2, -0.15) is 11.8 Å². The van der Waals surface area contributed by atoms with Gasteiger partial charge in [-0.1, -0.05) is 37.3 Å². The van der Waals surface area contributed by atoms with E-state index in [1.807, 2.05) is 61.5 Å². The first-order valence-corrected chi connectivity index (χ1v) is 9.84. The van der Waals surface area contributed by atoms with E-state index in [2.05, 4.69) is 22.9 Å². The molecule has 0 heterocycles. The maximum absolute atomic E-state index is 12.0. The van der Waals surface area contributed by atoms with E-state index in [9.17, 15) is 9.59 Å². The summed E-state index contributed by atoms with van der Waals surface area (Å²) in [6.07, 6.45) is 0.530. The Morgan fingerprint density at radius 1 is 0.962 bits per heavy atom. The van der Waals surface area contributed by atoms with Gasteiger partial charge in [0.25, 0.3) is 0 Å². The Morgan fingerprint density at radius 3 is 2.19 bits per heavy atom. The largest absolute Gasteiger partial charge is 0.350 e. The van der Waals surface area contributed by atoms with Gasteiger partial charge in [0.2, 0.25) is 5.91 Å². The average molecular weight is 372 g/mol. The zero-order chi connectivity index (χ0) is 18.8. The number of para-hydroxylation sites is 1. The smallest absolute Gasteiger partial charge is 0.323 e. The van der Waals surface area contributed by atoms with Crippen molar-refractivity contribution < 1.29 is 9.59 Å². The number of carbonyl (C=O) groups is 2. The minimum atomic E-state index is -0.293. The number of carbonyl (C=O) groups excluding carboxylic acids is 2. The van der Waals surface area contributed by atoms with Crippen LogP contribution in [0.2, 0.25) is 0 Å². The van der Waals surface area contributed by atoms with Gasteiger partial charge in [-0.25, -0.2) is 4.79 Å². The summed E-state index contributed by atoms with van der Waals surface area (Å²) in [5, 5.41) is 8.56. The van der Waals surface area contributed by atoms with Crippen molar-refractivity contribution in [3.05, 3.63) is 60.2 Å². The third kappa shape index (κ3) is 6.80. The summed E-state index contributed by atoms with van der Waals surface area (Å²) in [5.41, 5.74) is 2.43. The van der Waals surface area contributed by atoms with E-state index in [0.29, 0.717) is 12.1 Å². The van der Waals surface area contributed by atoms with E-state index < -0.39 is 0 Å². The van der Waals surface area contributed by atoms with Crippen molar-refractivity contribution in [2.24, 2.45) is 0 Å². The standard InChI is InChI=1S/C20H25N3O2S/c1-3-26-14-13-19(24)21-15(2)16-9-11-18(12-10-16)23-20(25)22-17-7-5-4-6-8-17/h4-12,15H,3,13-14H2,1-2H3,(H,21,24)(H2,22,23,25)/t15-/m0/s1. The molecule has 26 heavy (non-hydrogen) atoms. The molecule has 5 nitrogen and oxygen atoms in total. The van der Waals surface area contributed by atoms with E-state index in [0.717, 1.165) is 22.8 Å². The molecule has 0 unspecified atom stereocenters. The van der Waals surface area contributed by atoms with Gasteiger partial charge >= 0.3 is 6.03 Å². The van der Waals surface area contributed by atoms with Crippen LogP contribution in [0.3, 0.4) is 0 Å². The summed E-state index contributed by atoms with van der Waals surface area (Å²) in [6.45, 7) is 4.04. The van der Waals surface area contributed by atoms with E-state index in [1.54, 1.807) is 11.8 Å². The summed E-state index contributed by atoms with van der Waals surface area (Å²) < 4.78 is 0. The van der Waals surface area contributed by atoms with Gasteiger partial charge in [0.1, 0.15) is 0 Å². The lowest BCUT2D eigenvalue weighted by molar-refractivity contribution is -0.121. The minimum absolute atomic E-state index is 0.0582. The fourth-order valence-electron chi connectivity index (χ4n) is 2.38. The second kappa shape index (κ2) is 10.5. The van der Waals surface area contributed by atoms with Crippen molar-refractivity contribution in [3.8, 4) is 0 Å². The first-order valence-electron chi connectivity index (χ1n) is 8.68. The van der Waals surface area contributed by atoms with Crippen LogP contribution in [0.1, 0.15) is 31.9 Å². The van der Waals surface area contributed by atoms with E-state index in [1.165, 1.54) is 0 Å². The third-order valence-corrected chi connectivity index (χ3v) is 4.66. The molecule has 2 rings (SSSR count). The Balaban J connectivity index is 1.83.